The third kappa shape index (κ3) is 5.36. The monoisotopic (exact) mass is 470 g/mol. The molecule has 1 fully saturated rings. The summed E-state index contributed by atoms with van der Waals surface area (Å²) in [5.74, 6) is 1.41. The van der Waals surface area contributed by atoms with Gasteiger partial charge in [-0.05, 0) is 18.2 Å². The topological polar surface area (TPSA) is 66.9 Å². The number of benzene rings is 1. The van der Waals surface area contributed by atoms with E-state index in [2.05, 4.69) is 10.3 Å². The fourth-order valence-corrected chi connectivity index (χ4v) is 3.87. The fraction of sp³-hybridized carbons (Fsp3) is 0.429. The van der Waals surface area contributed by atoms with Crippen LogP contribution >= 0.6 is 11.6 Å². The summed E-state index contributed by atoms with van der Waals surface area (Å²) in [5.41, 5.74) is -0.255. The molecule has 7 nitrogen and oxygen atoms in total. The first-order chi connectivity index (χ1) is 15.3. The van der Waals surface area contributed by atoms with Crippen LogP contribution in [0.3, 0.4) is 0 Å². The lowest BCUT2D eigenvalue weighted by molar-refractivity contribution is -0.137. The van der Waals surface area contributed by atoms with Crippen molar-refractivity contribution in [1.82, 2.24) is 9.88 Å². The lowest BCUT2D eigenvalue weighted by atomic mass is 10.2. The van der Waals surface area contributed by atoms with E-state index in [0.717, 1.165) is 18.7 Å². The molecule has 1 aromatic carbocycles. The third-order valence-electron chi connectivity index (χ3n) is 5.22. The van der Waals surface area contributed by atoms with E-state index in [-0.39, 0.29) is 17.5 Å². The van der Waals surface area contributed by atoms with Crippen LogP contribution < -0.4 is 19.7 Å². The van der Waals surface area contributed by atoms with Gasteiger partial charge in [0.2, 0.25) is 5.91 Å². The molecule has 32 heavy (non-hydrogen) atoms. The molecule has 2 aliphatic heterocycles. The summed E-state index contributed by atoms with van der Waals surface area (Å²) < 4.78 is 49.6. The average Bonchev–Trinajstić information content (AvgIpc) is 2.99. The highest BCUT2D eigenvalue weighted by Gasteiger charge is 2.32. The van der Waals surface area contributed by atoms with E-state index in [0.29, 0.717) is 62.4 Å². The molecule has 2 aliphatic rings. The van der Waals surface area contributed by atoms with Crippen LogP contribution in [0.25, 0.3) is 0 Å². The zero-order valence-electron chi connectivity index (χ0n) is 17.1. The summed E-state index contributed by atoms with van der Waals surface area (Å²) in [6.07, 6.45) is -2.90. The SMILES string of the molecule is O=C(CN1CCN(c2ncc(C(F)(F)F)cc2Cl)CC1)Nc1ccc2c(c1)OCCCO2. The van der Waals surface area contributed by atoms with Crippen molar-refractivity contribution in [2.24, 2.45) is 0 Å². The minimum absolute atomic E-state index is 0.0413. The summed E-state index contributed by atoms with van der Waals surface area (Å²) >= 11 is 6.04. The van der Waals surface area contributed by atoms with E-state index in [1.54, 1.807) is 18.2 Å². The van der Waals surface area contributed by atoms with Crippen molar-refractivity contribution in [3.63, 3.8) is 0 Å². The van der Waals surface area contributed by atoms with E-state index in [9.17, 15) is 18.0 Å². The number of aromatic nitrogens is 1. The van der Waals surface area contributed by atoms with Crippen molar-refractivity contribution in [2.45, 2.75) is 12.6 Å². The molecular formula is C21H22ClF3N4O3. The molecule has 1 aromatic heterocycles. The van der Waals surface area contributed by atoms with Crippen molar-refractivity contribution < 1.29 is 27.4 Å². The van der Waals surface area contributed by atoms with E-state index in [1.807, 2.05) is 9.80 Å². The average molecular weight is 471 g/mol. The van der Waals surface area contributed by atoms with Gasteiger partial charge in [0.05, 0.1) is 30.3 Å². The number of pyridine rings is 1. The molecule has 11 heteroatoms. The molecule has 3 heterocycles. The third-order valence-corrected chi connectivity index (χ3v) is 5.50. The molecule has 4 rings (SSSR count). The smallest absolute Gasteiger partial charge is 0.417 e. The number of nitrogens with one attached hydrogen (secondary N) is 1. The number of hydrogen-bond donors (Lipinski definition) is 1. The normalized spacial score (nSPS) is 17.1. The van der Waals surface area contributed by atoms with Crippen LogP contribution in [0.2, 0.25) is 5.02 Å². The number of alkyl halides is 3. The second-order valence-corrected chi connectivity index (χ2v) is 7.96. The number of halogens is 4. The Labute approximate surface area is 188 Å². The maximum Gasteiger partial charge on any atom is 0.417 e. The Hall–Kier alpha value is -2.72. The maximum absolute atomic E-state index is 12.8. The van der Waals surface area contributed by atoms with Crippen molar-refractivity contribution in [3.05, 3.63) is 41.0 Å². The van der Waals surface area contributed by atoms with Gasteiger partial charge in [0, 0.05) is 50.6 Å². The first kappa shape index (κ1) is 22.5. The summed E-state index contributed by atoms with van der Waals surface area (Å²) in [7, 11) is 0. The zero-order chi connectivity index (χ0) is 22.7. The Balaban J connectivity index is 1.30. The van der Waals surface area contributed by atoms with Gasteiger partial charge in [-0.25, -0.2) is 4.98 Å². The molecule has 0 atom stereocenters. The quantitative estimate of drug-likeness (QED) is 0.735. The highest BCUT2D eigenvalue weighted by molar-refractivity contribution is 6.33. The van der Waals surface area contributed by atoms with Crippen LogP contribution in [0.4, 0.5) is 24.7 Å². The van der Waals surface area contributed by atoms with Gasteiger partial charge in [-0.1, -0.05) is 11.6 Å². The van der Waals surface area contributed by atoms with E-state index in [4.69, 9.17) is 21.1 Å². The molecule has 0 spiro atoms. The molecule has 0 radical (unpaired) electrons. The molecule has 0 saturated carbocycles. The van der Waals surface area contributed by atoms with Gasteiger partial charge in [-0.2, -0.15) is 13.2 Å². The number of carbonyl (C=O) groups excluding carboxylic acids is 1. The zero-order valence-corrected chi connectivity index (χ0v) is 17.9. The molecule has 0 aliphatic carbocycles. The van der Waals surface area contributed by atoms with E-state index < -0.39 is 11.7 Å². The molecule has 1 saturated heterocycles. The minimum atomic E-state index is -4.49. The largest absolute Gasteiger partial charge is 0.490 e. The van der Waals surface area contributed by atoms with Crippen molar-refractivity contribution in [2.75, 3.05) is 56.2 Å². The Kier molecular flexibility index (Phi) is 6.61. The Morgan fingerprint density at radius 2 is 1.81 bits per heavy atom. The van der Waals surface area contributed by atoms with Crippen LogP contribution in [0, 0.1) is 0 Å². The Bertz CT molecular complexity index is 981. The lowest BCUT2D eigenvalue weighted by Crippen LogP contribution is -2.49. The first-order valence-electron chi connectivity index (χ1n) is 10.2. The van der Waals surface area contributed by atoms with Gasteiger partial charge < -0.3 is 19.7 Å². The summed E-state index contributed by atoms with van der Waals surface area (Å²) in [6.45, 7) is 3.44. The number of piperazine rings is 1. The van der Waals surface area contributed by atoms with Crippen LogP contribution in [0.1, 0.15) is 12.0 Å². The predicted molar refractivity (Wildman–Crippen MR) is 114 cm³/mol. The van der Waals surface area contributed by atoms with Gasteiger partial charge in [-0.3, -0.25) is 9.69 Å². The molecule has 172 valence electrons. The number of amides is 1. The number of ether oxygens (including phenoxy) is 2. The second kappa shape index (κ2) is 9.41. The van der Waals surface area contributed by atoms with Crippen LogP contribution in [0.15, 0.2) is 30.5 Å². The van der Waals surface area contributed by atoms with Crippen LogP contribution in [-0.4, -0.2) is 61.7 Å². The van der Waals surface area contributed by atoms with Gasteiger partial charge >= 0.3 is 6.18 Å². The second-order valence-electron chi connectivity index (χ2n) is 7.55. The summed E-state index contributed by atoms with van der Waals surface area (Å²) in [6, 6.07) is 6.17. The van der Waals surface area contributed by atoms with Crippen molar-refractivity contribution in [3.8, 4) is 11.5 Å². The molecule has 0 unspecified atom stereocenters. The van der Waals surface area contributed by atoms with Crippen molar-refractivity contribution >= 4 is 29.0 Å². The number of hydrogen-bond acceptors (Lipinski definition) is 6. The van der Waals surface area contributed by atoms with Gasteiger partial charge in [-0.15, -0.1) is 0 Å². The number of fused-ring (bicyclic) bond motifs is 1. The van der Waals surface area contributed by atoms with E-state index >= 15 is 0 Å². The minimum Gasteiger partial charge on any atom is -0.490 e. The highest BCUT2D eigenvalue weighted by Crippen LogP contribution is 2.34. The molecular weight excluding hydrogens is 449 g/mol. The first-order valence-corrected chi connectivity index (χ1v) is 10.6. The highest BCUT2D eigenvalue weighted by atomic mass is 35.5. The summed E-state index contributed by atoms with van der Waals surface area (Å²) in [4.78, 5) is 20.2. The number of carbonyl (C=O) groups is 1. The fourth-order valence-electron chi connectivity index (χ4n) is 3.58. The molecule has 0 bridgehead atoms. The molecule has 1 amide bonds. The van der Waals surface area contributed by atoms with Crippen molar-refractivity contribution in [1.29, 1.82) is 0 Å². The molecule has 2 aromatic rings. The Morgan fingerprint density at radius 1 is 1.09 bits per heavy atom. The maximum atomic E-state index is 12.8. The number of anilines is 2. The van der Waals surface area contributed by atoms with Crippen LogP contribution in [0.5, 0.6) is 11.5 Å². The van der Waals surface area contributed by atoms with Gasteiger partial charge in [0.25, 0.3) is 0 Å². The number of nitrogens with zero attached hydrogens (tertiary/aromatic N) is 3. The van der Waals surface area contributed by atoms with Gasteiger partial charge in [0.15, 0.2) is 11.5 Å². The molecule has 1 N–H and O–H groups in total. The van der Waals surface area contributed by atoms with Gasteiger partial charge in [0.1, 0.15) is 5.82 Å². The Morgan fingerprint density at radius 3 is 2.50 bits per heavy atom. The summed E-state index contributed by atoms with van der Waals surface area (Å²) in [5, 5.41) is 2.82. The van der Waals surface area contributed by atoms with Crippen LogP contribution in [-0.2, 0) is 11.0 Å². The van der Waals surface area contributed by atoms with E-state index in [1.165, 1.54) is 0 Å². The number of rotatable bonds is 4. The lowest BCUT2D eigenvalue weighted by Gasteiger charge is -2.35. The predicted octanol–water partition coefficient (Wildman–Crippen LogP) is 3.68. The standard InChI is InChI=1S/C21H22ClF3N4O3/c22-16-10-14(21(23,24)25)12-26-20(16)29-6-4-28(5-7-29)13-19(30)27-15-2-3-17-18(11-15)32-9-1-8-31-17/h2-3,10-12H,1,4-9,13H2,(H,27,30).